The van der Waals surface area contributed by atoms with Crippen LogP contribution in [0.5, 0.6) is 5.75 Å². The summed E-state index contributed by atoms with van der Waals surface area (Å²) < 4.78 is 5.24. The molecule has 3 heteroatoms. The van der Waals surface area contributed by atoms with Gasteiger partial charge in [0.1, 0.15) is 5.75 Å². The molecule has 0 spiro atoms. The topological polar surface area (TPSA) is 34.5 Å². The minimum absolute atomic E-state index is 0.713. The van der Waals surface area contributed by atoms with Gasteiger partial charge in [-0.3, -0.25) is 9.98 Å². The van der Waals surface area contributed by atoms with E-state index in [-0.39, 0.29) is 0 Å². The Hall–Kier alpha value is -3.20. The quantitative estimate of drug-likeness (QED) is 0.570. The molecule has 2 aromatic carbocycles. The number of aromatic nitrogens is 1. The molecule has 0 amide bonds. The Kier molecular flexibility index (Phi) is 5.28. The van der Waals surface area contributed by atoms with Gasteiger partial charge in [0.2, 0.25) is 0 Å². The van der Waals surface area contributed by atoms with Crippen LogP contribution in [0.1, 0.15) is 23.6 Å². The predicted molar refractivity (Wildman–Crippen MR) is 109 cm³/mol. The third kappa shape index (κ3) is 3.89. The first-order valence-corrected chi connectivity index (χ1v) is 8.48. The van der Waals surface area contributed by atoms with Crippen molar-refractivity contribution < 1.29 is 4.74 Å². The number of aryl methyl sites for hydroxylation is 1. The van der Waals surface area contributed by atoms with Crippen LogP contribution in [-0.2, 0) is 0 Å². The summed E-state index contributed by atoms with van der Waals surface area (Å²) in [6, 6.07) is 18.4. The zero-order valence-electron chi connectivity index (χ0n) is 15.4. The fourth-order valence-electron chi connectivity index (χ4n) is 2.84. The Morgan fingerprint density at radius 1 is 1.04 bits per heavy atom. The number of rotatable bonds is 5. The molecule has 0 radical (unpaired) electrons. The van der Waals surface area contributed by atoms with Gasteiger partial charge in [0.05, 0.1) is 12.8 Å². The first-order valence-electron chi connectivity index (χ1n) is 8.48. The van der Waals surface area contributed by atoms with E-state index in [0.717, 1.165) is 33.7 Å². The predicted octanol–water partition coefficient (Wildman–Crippen LogP) is 5.55. The Balaban J connectivity index is 1.94. The summed E-state index contributed by atoms with van der Waals surface area (Å²) in [4.78, 5) is 8.83. The van der Waals surface area contributed by atoms with Crippen LogP contribution in [0.25, 0.3) is 16.8 Å². The van der Waals surface area contributed by atoms with E-state index in [1.54, 1.807) is 19.5 Å². The monoisotopic (exact) mass is 342 g/mol. The number of pyridine rings is 1. The second kappa shape index (κ2) is 7.79. The van der Waals surface area contributed by atoms with Gasteiger partial charge in [0, 0.05) is 23.7 Å². The molecule has 0 unspecified atom stereocenters. The van der Waals surface area contributed by atoms with Crippen LogP contribution in [0.3, 0.4) is 0 Å². The Bertz CT molecular complexity index is 942. The molecule has 0 saturated carbocycles. The standard InChI is InChI=1S/C23H22N2O/c1-16-7-8-20(19-9-11-22(26-4)12-10-19)14-23(16)18(3)25-17(2)21-6-5-13-24-15-21/h5-15H,2H2,1,3-4H3/b25-18-. The van der Waals surface area contributed by atoms with Crippen LogP contribution < -0.4 is 4.74 Å². The van der Waals surface area contributed by atoms with E-state index in [4.69, 9.17) is 9.73 Å². The van der Waals surface area contributed by atoms with E-state index in [9.17, 15) is 0 Å². The summed E-state index contributed by atoms with van der Waals surface area (Å²) in [7, 11) is 1.67. The molecule has 3 rings (SSSR count). The van der Waals surface area contributed by atoms with Crippen molar-refractivity contribution in [2.24, 2.45) is 4.99 Å². The molecule has 0 N–H and O–H groups in total. The minimum Gasteiger partial charge on any atom is -0.497 e. The van der Waals surface area contributed by atoms with E-state index >= 15 is 0 Å². The lowest BCUT2D eigenvalue weighted by Gasteiger charge is -2.10. The molecule has 26 heavy (non-hydrogen) atoms. The smallest absolute Gasteiger partial charge is 0.118 e. The summed E-state index contributed by atoms with van der Waals surface area (Å²) in [6.45, 7) is 8.19. The van der Waals surface area contributed by atoms with Crippen molar-refractivity contribution in [2.75, 3.05) is 7.11 Å². The maximum atomic E-state index is 5.24. The highest BCUT2D eigenvalue weighted by Gasteiger charge is 2.07. The highest BCUT2D eigenvalue weighted by molar-refractivity contribution is 6.03. The molecule has 3 aromatic rings. The number of aliphatic imine (C=N–C) groups is 1. The molecule has 0 aliphatic heterocycles. The molecular weight excluding hydrogens is 320 g/mol. The molecule has 3 nitrogen and oxygen atoms in total. The van der Waals surface area contributed by atoms with Crippen molar-refractivity contribution in [1.29, 1.82) is 0 Å². The van der Waals surface area contributed by atoms with Gasteiger partial charge in [0.15, 0.2) is 0 Å². The fraction of sp³-hybridized carbons (Fsp3) is 0.130. The summed E-state index contributed by atoms with van der Waals surface area (Å²) in [5.41, 5.74) is 7.17. The summed E-state index contributed by atoms with van der Waals surface area (Å²) >= 11 is 0. The molecule has 0 bridgehead atoms. The molecule has 0 fully saturated rings. The van der Waals surface area contributed by atoms with Gasteiger partial charge in [-0.25, -0.2) is 0 Å². The molecular formula is C23H22N2O. The van der Waals surface area contributed by atoms with E-state index in [1.165, 1.54) is 5.56 Å². The van der Waals surface area contributed by atoms with Crippen LogP contribution in [-0.4, -0.2) is 17.8 Å². The number of nitrogens with zero attached hydrogens (tertiary/aromatic N) is 2. The van der Waals surface area contributed by atoms with E-state index in [2.05, 4.69) is 48.8 Å². The molecule has 0 atom stereocenters. The average Bonchev–Trinajstić information content (AvgIpc) is 2.69. The number of hydrogen-bond acceptors (Lipinski definition) is 3. The SMILES string of the molecule is C=C(/N=C(/C)c1cc(-c2ccc(OC)cc2)ccc1C)c1cccnc1. The lowest BCUT2D eigenvalue weighted by molar-refractivity contribution is 0.415. The van der Waals surface area contributed by atoms with Crippen molar-refractivity contribution >= 4 is 11.4 Å². The average molecular weight is 342 g/mol. The first-order chi connectivity index (χ1) is 12.6. The van der Waals surface area contributed by atoms with Gasteiger partial charge in [-0.2, -0.15) is 0 Å². The zero-order valence-corrected chi connectivity index (χ0v) is 15.4. The maximum Gasteiger partial charge on any atom is 0.118 e. The number of ether oxygens (including phenoxy) is 1. The van der Waals surface area contributed by atoms with Crippen LogP contribution >= 0.6 is 0 Å². The van der Waals surface area contributed by atoms with Crippen molar-refractivity contribution in [3.63, 3.8) is 0 Å². The normalized spacial score (nSPS) is 11.3. The van der Waals surface area contributed by atoms with Crippen LogP contribution in [0.15, 0.2) is 78.6 Å². The number of methoxy groups -OCH3 is 1. The lowest BCUT2D eigenvalue weighted by atomic mass is 9.97. The van der Waals surface area contributed by atoms with Gasteiger partial charge in [-0.1, -0.05) is 30.8 Å². The van der Waals surface area contributed by atoms with Crippen LogP contribution in [0.2, 0.25) is 0 Å². The minimum atomic E-state index is 0.713. The van der Waals surface area contributed by atoms with Crippen molar-refractivity contribution in [3.8, 4) is 16.9 Å². The fourth-order valence-corrected chi connectivity index (χ4v) is 2.84. The Morgan fingerprint density at radius 2 is 1.77 bits per heavy atom. The lowest BCUT2D eigenvalue weighted by Crippen LogP contribution is -1.99. The molecule has 0 aliphatic rings. The Labute approximate surface area is 154 Å². The number of benzene rings is 2. The van der Waals surface area contributed by atoms with Crippen LogP contribution in [0.4, 0.5) is 0 Å². The van der Waals surface area contributed by atoms with Gasteiger partial charge in [-0.05, 0) is 66.4 Å². The second-order valence-corrected chi connectivity index (χ2v) is 6.14. The first kappa shape index (κ1) is 17.6. The highest BCUT2D eigenvalue weighted by atomic mass is 16.5. The molecule has 130 valence electrons. The summed E-state index contributed by atoms with van der Waals surface area (Å²) in [6.07, 6.45) is 3.52. The molecule has 1 heterocycles. The summed E-state index contributed by atoms with van der Waals surface area (Å²) in [5, 5.41) is 0. The third-order valence-electron chi connectivity index (χ3n) is 4.35. The molecule has 1 aromatic heterocycles. The molecule has 0 aliphatic carbocycles. The summed E-state index contributed by atoms with van der Waals surface area (Å²) in [5.74, 6) is 0.853. The van der Waals surface area contributed by atoms with E-state index in [1.807, 2.05) is 31.2 Å². The largest absolute Gasteiger partial charge is 0.497 e. The van der Waals surface area contributed by atoms with Gasteiger partial charge < -0.3 is 4.74 Å². The highest BCUT2D eigenvalue weighted by Crippen LogP contribution is 2.25. The van der Waals surface area contributed by atoms with Gasteiger partial charge in [-0.15, -0.1) is 0 Å². The van der Waals surface area contributed by atoms with Crippen LogP contribution in [0, 0.1) is 6.92 Å². The van der Waals surface area contributed by atoms with Crippen molar-refractivity contribution in [2.45, 2.75) is 13.8 Å². The Morgan fingerprint density at radius 3 is 2.42 bits per heavy atom. The second-order valence-electron chi connectivity index (χ2n) is 6.14. The number of hydrogen-bond donors (Lipinski definition) is 0. The van der Waals surface area contributed by atoms with Gasteiger partial charge >= 0.3 is 0 Å². The van der Waals surface area contributed by atoms with Gasteiger partial charge in [0.25, 0.3) is 0 Å². The van der Waals surface area contributed by atoms with Crippen molar-refractivity contribution in [3.05, 3.63) is 90.3 Å². The van der Waals surface area contributed by atoms with Crippen molar-refractivity contribution in [1.82, 2.24) is 4.98 Å². The maximum absolute atomic E-state index is 5.24. The zero-order chi connectivity index (χ0) is 18.5. The van der Waals surface area contributed by atoms with E-state index in [0.29, 0.717) is 5.70 Å². The third-order valence-corrected chi connectivity index (χ3v) is 4.35. The van der Waals surface area contributed by atoms with E-state index < -0.39 is 0 Å². The molecule has 0 saturated heterocycles.